The van der Waals surface area contributed by atoms with E-state index in [-0.39, 0.29) is 5.41 Å². The van der Waals surface area contributed by atoms with Crippen molar-refractivity contribution in [1.29, 1.82) is 0 Å². The Morgan fingerprint density at radius 1 is 0.379 bits per heavy atom. The van der Waals surface area contributed by atoms with Crippen LogP contribution in [0.4, 0.5) is 0 Å². The van der Waals surface area contributed by atoms with E-state index in [0.29, 0.717) is 0 Å². The number of hydrogen-bond acceptors (Lipinski definition) is 1. The Bertz CT molecular complexity index is 3000. The van der Waals surface area contributed by atoms with Crippen molar-refractivity contribution in [2.24, 2.45) is 23.7 Å². The first-order valence-electron chi connectivity index (χ1n) is 21.6. The summed E-state index contributed by atoms with van der Waals surface area (Å²) < 4.78 is 7.07. The van der Waals surface area contributed by atoms with Gasteiger partial charge in [0.1, 0.15) is 11.5 Å². The topological polar surface area (TPSA) is 9.23 Å². The normalized spacial score (nSPS) is 24.2. The van der Waals surface area contributed by atoms with E-state index in [0.717, 1.165) is 40.6 Å². The fourth-order valence-electron chi connectivity index (χ4n) is 14.2. The molecule has 1 heterocycles. The van der Waals surface area contributed by atoms with E-state index in [9.17, 15) is 0 Å². The van der Waals surface area contributed by atoms with Gasteiger partial charge in [-0.1, -0.05) is 152 Å². The fraction of sp³-hybridized carbons (Fsp3) is 0.193. The molecule has 0 atom stereocenters. The lowest BCUT2D eigenvalue weighted by atomic mass is 9.43. The van der Waals surface area contributed by atoms with Crippen molar-refractivity contribution in [2.45, 2.75) is 42.9 Å². The molecule has 1 aliphatic heterocycles. The zero-order valence-electron chi connectivity index (χ0n) is 32.4. The van der Waals surface area contributed by atoms with Gasteiger partial charge < -0.3 is 4.74 Å². The van der Waals surface area contributed by atoms with Crippen LogP contribution in [0.5, 0.6) is 11.5 Å². The second-order valence-corrected chi connectivity index (χ2v) is 18.3. The summed E-state index contributed by atoms with van der Waals surface area (Å²) in [5, 5.41) is 2.36. The molecule has 4 fully saturated rings. The maximum atomic E-state index is 7.07. The minimum Gasteiger partial charge on any atom is -0.456 e. The minimum atomic E-state index is -0.523. The number of fused-ring (bicyclic) bond motifs is 14. The van der Waals surface area contributed by atoms with Crippen LogP contribution < -0.4 is 4.74 Å². The van der Waals surface area contributed by atoms with Gasteiger partial charge in [0.25, 0.3) is 0 Å². The summed E-state index contributed by atoms with van der Waals surface area (Å²) in [5.74, 6) is 5.25. The molecule has 0 saturated heterocycles. The van der Waals surface area contributed by atoms with Crippen LogP contribution >= 0.6 is 0 Å². The minimum absolute atomic E-state index is 0.153. The maximum Gasteiger partial charge on any atom is 0.140 e. The molecule has 8 aromatic carbocycles. The van der Waals surface area contributed by atoms with E-state index in [1.807, 2.05) is 0 Å². The summed E-state index contributed by atoms with van der Waals surface area (Å²) >= 11 is 0. The largest absolute Gasteiger partial charge is 0.456 e. The molecule has 2 spiro atoms. The highest BCUT2D eigenvalue weighted by Crippen LogP contribution is 2.70. The summed E-state index contributed by atoms with van der Waals surface area (Å²) in [5.41, 5.74) is 18.6. The molecule has 1 nitrogen and oxygen atoms in total. The van der Waals surface area contributed by atoms with Crippen molar-refractivity contribution in [2.75, 3.05) is 0 Å². The van der Waals surface area contributed by atoms with Gasteiger partial charge in [-0.05, 0) is 146 Å². The van der Waals surface area contributed by atoms with Crippen LogP contribution in [-0.2, 0) is 10.8 Å². The Hall–Kier alpha value is -6.18. The van der Waals surface area contributed by atoms with E-state index in [2.05, 4.69) is 170 Å². The molecule has 58 heavy (non-hydrogen) atoms. The average Bonchev–Trinajstić information content (AvgIpc) is 3.74. The van der Waals surface area contributed by atoms with Gasteiger partial charge in [0.15, 0.2) is 0 Å². The lowest BCUT2D eigenvalue weighted by Gasteiger charge is -2.61. The summed E-state index contributed by atoms with van der Waals surface area (Å²) in [6, 6.07) is 64.5. The van der Waals surface area contributed by atoms with Crippen LogP contribution in [0.3, 0.4) is 0 Å². The third-order valence-electron chi connectivity index (χ3n) is 15.9. The quantitative estimate of drug-likeness (QED) is 0.171. The monoisotopic (exact) mass is 742 g/mol. The SMILES string of the molecule is c1cc(-c2cccc3c2-c2ccccc2C32C3CC4CC(C3)CC2C4)cc(-c2cc3c(c4ccccc24)Oc2ccccc2C32c3ccccc3-c3ccccc32)c1. The van der Waals surface area contributed by atoms with Crippen molar-refractivity contribution < 1.29 is 4.74 Å². The first kappa shape index (κ1) is 31.9. The number of rotatable bonds is 2. The first-order valence-corrected chi connectivity index (χ1v) is 21.6. The van der Waals surface area contributed by atoms with Gasteiger partial charge in [-0.25, -0.2) is 0 Å². The van der Waals surface area contributed by atoms with Crippen molar-refractivity contribution in [3.63, 3.8) is 0 Å². The molecule has 8 aromatic rings. The van der Waals surface area contributed by atoms with Gasteiger partial charge in [0, 0.05) is 21.9 Å². The lowest BCUT2D eigenvalue weighted by molar-refractivity contribution is -0.0399. The highest BCUT2D eigenvalue weighted by molar-refractivity contribution is 6.04. The predicted molar refractivity (Wildman–Crippen MR) is 235 cm³/mol. The molecule has 0 amide bonds. The Morgan fingerprint density at radius 3 is 1.64 bits per heavy atom. The fourth-order valence-corrected chi connectivity index (χ4v) is 14.2. The van der Waals surface area contributed by atoms with E-state index >= 15 is 0 Å². The second-order valence-electron chi connectivity index (χ2n) is 18.3. The molecule has 15 rings (SSSR count). The van der Waals surface area contributed by atoms with Crippen LogP contribution in [0.1, 0.15) is 65.5 Å². The Labute approximate surface area is 340 Å². The summed E-state index contributed by atoms with van der Waals surface area (Å²) in [6.07, 6.45) is 7.07. The van der Waals surface area contributed by atoms with E-state index in [1.165, 1.54) is 104 Å². The highest BCUT2D eigenvalue weighted by atomic mass is 16.5. The van der Waals surface area contributed by atoms with Gasteiger partial charge in [-0.3, -0.25) is 0 Å². The molecule has 1 heteroatoms. The van der Waals surface area contributed by atoms with Gasteiger partial charge in [-0.15, -0.1) is 0 Å². The molecule has 0 aromatic heterocycles. The summed E-state index contributed by atoms with van der Waals surface area (Å²) in [4.78, 5) is 0. The second kappa shape index (κ2) is 11.3. The molecule has 6 aliphatic carbocycles. The summed E-state index contributed by atoms with van der Waals surface area (Å²) in [6.45, 7) is 0. The van der Waals surface area contributed by atoms with Gasteiger partial charge >= 0.3 is 0 Å². The van der Waals surface area contributed by atoms with Crippen molar-refractivity contribution >= 4 is 10.8 Å². The average molecular weight is 743 g/mol. The Balaban J connectivity index is 1.01. The number of hydrogen-bond donors (Lipinski definition) is 0. The molecular formula is C57H42O. The van der Waals surface area contributed by atoms with Crippen molar-refractivity contribution in [3.05, 3.63) is 203 Å². The Morgan fingerprint density at radius 2 is 0.914 bits per heavy atom. The first-order chi connectivity index (χ1) is 28.7. The van der Waals surface area contributed by atoms with E-state index in [1.54, 1.807) is 11.1 Å². The lowest BCUT2D eigenvalue weighted by Crippen LogP contribution is -2.55. The predicted octanol–water partition coefficient (Wildman–Crippen LogP) is 14.4. The zero-order valence-corrected chi connectivity index (χ0v) is 32.4. The molecule has 0 N–H and O–H groups in total. The third-order valence-corrected chi connectivity index (χ3v) is 15.9. The Kier molecular flexibility index (Phi) is 6.19. The van der Waals surface area contributed by atoms with E-state index < -0.39 is 5.41 Å². The van der Waals surface area contributed by atoms with Gasteiger partial charge in [0.2, 0.25) is 0 Å². The molecule has 276 valence electrons. The van der Waals surface area contributed by atoms with Gasteiger partial charge in [-0.2, -0.15) is 0 Å². The van der Waals surface area contributed by atoms with Crippen LogP contribution in [0.25, 0.3) is 55.3 Å². The molecular weight excluding hydrogens is 701 g/mol. The maximum absolute atomic E-state index is 7.07. The smallest absolute Gasteiger partial charge is 0.140 e. The number of para-hydroxylation sites is 1. The summed E-state index contributed by atoms with van der Waals surface area (Å²) in [7, 11) is 0. The molecule has 0 unspecified atom stereocenters. The van der Waals surface area contributed by atoms with Gasteiger partial charge in [0.05, 0.1) is 5.41 Å². The van der Waals surface area contributed by atoms with E-state index in [4.69, 9.17) is 4.74 Å². The number of benzene rings is 8. The highest BCUT2D eigenvalue weighted by Gasteiger charge is 2.61. The zero-order chi connectivity index (χ0) is 37.7. The third kappa shape index (κ3) is 3.80. The molecule has 4 bridgehead atoms. The molecule has 7 aliphatic rings. The molecule has 4 saturated carbocycles. The van der Waals surface area contributed by atoms with Crippen LogP contribution in [0.2, 0.25) is 0 Å². The van der Waals surface area contributed by atoms with Crippen LogP contribution in [0.15, 0.2) is 170 Å². The van der Waals surface area contributed by atoms with Crippen LogP contribution in [-0.4, -0.2) is 0 Å². The molecule has 0 radical (unpaired) electrons. The van der Waals surface area contributed by atoms with Crippen molar-refractivity contribution in [1.82, 2.24) is 0 Å². The standard InChI is InChI=1S/C57H42O/c1-2-18-44-41(15-1)46(33-52-55(44)58-53-26-10-9-24-50(53)57(52)47-21-6-3-16-42(47)43-17-4-7-22-48(43)57)37-14-11-13-36(32-37)40-20-12-25-51-54(40)45-19-5-8-23-49(45)56(51)38-28-34-27-35(30-38)31-39(56)29-34/h1-26,32-35,38-39H,27-31H2. The van der Waals surface area contributed by atoms with Crippen molar-refractivity contribution in [3.8, 4) is 56.0 Å². The number of ether oxygens (including phenoxy) is 1. The van der Waals surface area contributed by atoms with Crippen LogP contribution in [0, 0.1) is 23.7 Å².